The van der Waals surface area contributed by atoms with Gasteiger partial charge in [0.25, 0.3) is 0 Å². The maximum absolute atomic E-state index is 5.88. The lowest BCUT2D eigenvalue weighted by atomic mass is 9.76. The Balaban J connectivity index is 2.06. The molecule has 0 atom stereocenters. The SMILES string of the molecule is C=Cc1ccc(C2(c3csc(N)[nH+]3)CCCC2)cc1. The number of nitrogens with one attached hydrogen (secondary N) is 1. The van der Waals surface area contributed by atoms with E-state index >= 15 is 0 Å². The molecular weight excluding hydrogens is 252 g/mol. The molecule has 1 aliphatic rings. The summed E-state index contributed by atoms with van der Waals surface area (Å²) < 4.78 is 0. The third kappa shape index (κ3) is 2.08. The zero-order chi connectivity index (χ0) is 13.3. The number of aromatic amines is 1. The second-order valence-electron chi connectivity index (χ2n) is 5.25. The first kappa shape index (κ1) is 12.4. The second-order valence-corrected chi connectivity index (χ2v) is 6.17. The summed E-state index contributed by atoms with van der Waals surface area (Å²) in [7, 11) is 0. The number of benzene rings is 1. The highest BCUT2D eigenvalue weighted by atomic mass is 32.1. The molecule has 0 radical (unpaired) electrons. The molecule has 1 fully saturated rings. The van der Waals surface area contributed by atoms with Gasteiger partial charge in [-0.25, -0.2) is 4.98 Å². The normalized spacial score (nSPS) is 17.5. The van der Waals surface area contributed by atoms with Gasteiger partial charge in [0.05, 0.1) is 5.41 Å². The van der Waals surface area contributed by atoms with Crippen molar-refractivity contribution in [1.29, 1.82) is 0 Å². The average molecular weight is 271 g/mol. The van der Waals surface area contributed by atoms with Crippen LogP contribution in [0.15, 0.2) is 36.2 Å². The summed E-state index contributed by atoms with van der Waals surface area (Å²) >= 11 is 1.60. The van der Waals surface area contributed by atoms with Crippen molar-refractivity contribution in [3.05, 3.63) is 53.0 Å². The van der Waals surface area contributed by atoms with Gasteiger partial charge in [-0.15, -0.1) is 0 Å². The summed E-state index contributed by atoms with van der Waals surface area (Å²) in [5, 5.41) is 2.98. The number of nitrogens with two attached hydrogens (primary N) is 1. The Morgan fingerprint density at radius 1 is 1.21 bits per heavy atom. The van der Waals surface area contributed by atoms with E-state index in [4.69, 9.17) is 5.73 Å². The van der Waals surface area contributed by atoms with E-state index in [-0.39, 0.29) is 5.41 Å². The van der Waals surface area contributed by atoms with Gasteiger partial charge < -0.3 is 0 Å². The summed E-state index contributed by atoms with van der Waals surface area (Å²) in [6.07, 6.45) is 6.86. The van der Waals surface area contributed by atoms with Gasteiger partial charge in [0.1, 0.15) is 5.69 Å². The predicted octanol–water partition coefficient (Wildman–Crippen LogP) is 3.65. The van der Waals surface area contributed by atoms with Crippen molar-refractivity contribution in [3.63, 3.8) is 0 Å². The fourth-order valence-electron chi connectivity index (χ4n) is 3.18. The number of thiazole rings is 1. The van der Waals surface area contributed by atoms with Gasteiger partial charge in [-0.05, 0) is 24.0 Å². The lowest BCUT2D eigenvalue weighted by Gasteiger charge is -2.26. The smallest absolute Gasteiger partial charge is 0.278 e. The van der Waals surface area contributed by atoms with E-state index in [9.17, 15) is 0 Å². The molecule has 19 heavy (non-hydrogen) atoms. The van der Waals surface area contributed by atoms with Gasteiger partial charge in [-0.2, -0.15) is 0 Å². The molecule has 1 saturated carbocycles. The van der Waals surface area contributed by atoms with Crippen molar-refractivity contribution in [2.24, 2.45) is 0 Å². The van der Waals surface area contributed by atoms with Crippen LogP contribution in [0.3, 0.4) is 0 Å². The highest BCUT2D eigenvalue weighted by molar-refractivity contribution is 7.13. The quantitative estimate of drug-likeness (QED) is 0.909. The van der Waals surface area contributed by atoms with Gasteiger partial charge in [0.15, 0.2) is 0 Å². The van der Waals surface area contributed by atoms with Crippen molar-refractivity contribution in [2.75, 3.05) is 5.73 Å². The first-order chi connectivity index (χ1) is 9.24. The Morgan fingerprint density at radius 3 is 2.42 bits per heavy atom. The number of rotatable bonds is 3. The molecule has 0 bridgehead atoms. The van der Waals surface area contributed by atoms with Gasteiger partial charge in [0.2, 0.25) is 0 Å². The predicted molar refractivity (Wildman–Crippen MR) is 81.1 cm³/mol. The molecule has 1 aromatic carbocycles. The lowest BCUT2D eigenvalue weighted by molar-refractivity contribution is -0.373. The van der Waals surface area contributed by atoms with E-state index in [1.807, 2.05) is 6.08 Å². The Hall–Kier alpha value is -1.61. The van der Waals surface area contributed by atoms with Crippen LogP contribution in [-0.2, 0) is 5.41 Å². The number of nitrogen functional groups attached to an aromatic ring is 1. The molecule has 2 aromatic rings. The molecule has 3 heteroatoms. The molecule has 1 aromatic heterocycles. The van der Waals surface area contributed by atoms with E-state index in [0.717, 1.165) is 5.13 Å². The molecule has 98 valence electrons. The second kappa shape index (κ2) is 4.82. The third-order valence-corrected chi connectivity index (χ3v) is 4.94. The molecule has 0 amide bonds. The number of hydrogen-bond donors (Lipinski definition) is 1. The largest absolute Gasteiger partial charge is 0.329 e. The summed E-state index contributed by atoms with van der Waals surface area (Å²) in [6.45, 7) is 3.82. The van der Waals surface area contributed by atoms with Gasteiger partial charge in [-0.1, -0.05) is 61.1 Å². The molecule has 0 aliphatic heterocycles. The first-order valence-electron chi connectivity index (χ1n) is 6.74. The minimum absolute atomic E-state index is 0.133. The Labute approximate surface area is 118 Å². The van der Waals surface area contributed by atoms with Crippen LogP contribution in [0, 0.1) is 0 Å². The van der Waals surface area contributed by atoms with Crippen LogP contribution >= 0.6 is 11.3 Å². The highest BCUT2D eigenvalue weighted by Gasteiger charge is 2.40. The van der Waals surface area contributed by atoms with Crippen LogP contribution in [0.5, 0.6) is 0 Å². The van der Waals surface area contributed by atoms with Gasteiger partial charge >= 0.3 is 5.13 Å². The third-order valence-electron chi connectivity index (χ3n) is 4.23. The number of anilines is 1. The summed E-state index contributed by atoms with van der Waals surface area (Å²) in [4.78, 5) is 3.36. The molecular formula is C16H19N2S+. The zero-order valence-corrected chi connectivity index (χ0v) is 11.8. The van der Waals surface area contributed by atoms with Crippen LogP contribution in [-0.4, -0.2) is 0 Å². The van der Waals surface area contributed by atoms with E-state index < -0.39 is 0 Å². The Morgan fingerprint density at radius 2 is 1.89 bits per heavy atom. The van der Waals surface area contributed by atoms with Crippen LogP contribution < -0.4 is 10.7 Å². The molecule has 3 rings (SSSR count). The fourth-order valence-corrected chi connectivity index (χ4v) is 3.88. The van der Waals surface area contributed by atoms with Crippen LogP contribution in [0.2, 0.25) is 0 Å². The monoisotopic (exact) mass is 271 g/mol. The van der Waals surface area contributed by atoms with Crippen LogP contribution in [0.4, 0.5) is 5.13 Å². The van der Waals surface area contributed by atoms with E-state index in [2.05, 4.69) is 41.2 Å². The summed E-state index contributed by atoms with van der Waals surface area (Å²) in [5.74, 6) is 0. The maximum Gasteiger partial charge on any atom is 0.329 e. The Kier molecular flexibility index (Phi) is 3.15. The van der Waals surface area contributed by atoms with E-state index in [0.29, 0.717) is 0 Å². The fraction of sp³-hybridized carbons (Fsp3) is 0.312. The van der Waals surface area contributed by atoms with Crippen molar-refractivity contribution < 1.29 is 4.98 Å². The summed E-state index contributed by atoms with van der Waals surface area (Å²) in [5.41, 5.74) is 9.85. The molecule has 3 N–H and O–H groups in total. The molecule has 2 nitrogen and oxygen atoms in total. The molecule has 1 aliphatic carbocycles. The minimum Gasteiger partial charge on any atom is -0.278 e. The zero-order valence-electron chi connectivity index (χ0n) is 11.0. The van der Waals surface area contributed by atoms with E-state index in [1.165, 1.54) is 42.5 Å². The van der Waals surface area contributed by atoms with Crippen molar-refractivity contribution in [1.82, 2.24) is 0 Å². The van der Waals surface area contributed by atoms with Crippen molar-refractivity contribution >= 4 is 22.5 Å². The van der Waals surface area contributed by atoms with E-state index in [1.54, 1.807) is 11.3 Å². The summed E-state index contributed by atoms with van der Waals surface area (Å²) in [6, 6.07) is 8.78. The van der Waals surface area contributed by atoms with Crippen molar-refractivity contribution in [3.8, 4) is 0 Å². The molecule has 1 heterocycles. The number of aromatic nitrogens is 1. The van der Waals surface area contributed by atoms with Crippen LogP contribution in [0.1, 0.15) is 42.5 Å². The minimum atomic E-state index is 0.133. The highest BCUT2D eigenvalue weighted by Crippen LogP contribution is 2.45. The standard InChI is InChI=1S/C16H18N2S/c1-2-12-5-7-13(8-6-12)16(9-3-4-10-16)14-11-19-15(17)18-14/h2,5-8,11H,1,3-4,9-10H2,(H2,17,18)/p+1. The number of hydrogen-bond acceptors (Lipinski definition) is 2. The maximum atomic E-state index is 5.88. The Bertz CT molecular complexity index is 577. The van der Waals surface area contributed by atoms with Gasteiger partial charge in [-0.3, -0.25) is 5.73 Å². The average Bonchev–Trinajstić information content (AvgIpc) is 3.08. The van der Waals surface area contributed by atoms with Crippen LogP contribution in [0.25, 0.3) is 6.08 Å². The van der Waals surface area contributed by atoms with Crippen molar-refractivity contribution in [2.45, 2.75) is 31.1 Å². The molecule has 0 spiro atoms. The topological polar surface area (TPSA) is 40.2 Å². The molecule has 0 saturated heterocycles. The molecule has 0 unspecified atom stereocenters. The first-order valence-corrected chi connectivity index (χ1v) is 7.62. The lowest BCUT2D eigenvalue weighted by Crippen LogP contribution is -2.30. The number of H-pyrrole nitrogens is 1. The van der Waals surface area contributed by atoms with Gasteiger partial charge in [0, 0.05) is 5.38 Å².